The number of carbonyl (C=O) groups excluding carboxylic acids is 1. The van der Waals surface area contributed by atoms with Gasteiger partial charge in [0.05, 0.1) is 6.61 Å². The number of carbonyl (C=O) groups is 1. The molecule has 0 N–H and O–H groups in total. The summed E-state index contributed by atoms with van der Waals surface area (Å²) in [4.78, 5) is 13.5. The molecule has 0 spiro atoms. The van der Waals surface area contributed by atoms with Gasteiger partial charge in [-0.1, -0.05) is 46.3 Å². The number of hydrogen-bond donors (Lipinski definition) is 0. The Morgan fingerprint density at radius 2 is 1.85 bits per heavy atom. The van der Waals surface area contributed by atoms with Crippen LogP contribution in [0.25, 0.3) is 6.08 Å². The van der Waals surface area contributed by atoms with Gasteiger partial charge in [-0.05, 0) is 36.3 Å². The molecule has 1 amide bonds. The van der Waals surface area contributed by atoms with Crippen LogP contribution in [0.5, 0.6) is 11.5 Å². The summed E-state index contributed by atoms with van der Waals surface area (Å²) in [5.41, 5.74) is 1.75. The second-order valence-electron chi connectivity index (χ2n) is 5.90. The fourth-order valence-corrected chi connectivity index (χ4v) is 2.75. The number of benzene rings is 2. The van der Waals surface area contributed by atoms with Crippen LogP contribution >= 0.6 is 15.9 Å². The summed E-state index contributed by atoms with van der Waals surface area (Å²) >= 11 is 3.49. The van der Waals surface area contributed by atoms with Crippen molar-refractivity contribution in [2.75, 3.05) is 20.7 Å². The molecule has 0 atom stereocenters. The molecule has 0 saturated heterocycles. The van der Waals surface area contributed by atoms with E-state index in [-0.39, 0.29) is 11.5 Å². The standard InChI is InChI=1S/C21H21BrN2O3/c1-4-26-19-11-16(10-17(13-23)21(25)24(2)3)18(22)12-20(19)27-14-15-8-6-5-7-9-15/h5-12H,4,14H2,1-3H3/b17-10-. The molecule has 0 aliphatic heterocycles. The Labute approximate surface area is 167 Å². The molecule has 0 bridgehead atoms. The Hall–Kier alpha value is -2.78. The van der Waals surface area contributed by atoms with Gasteiger partial charge in [0.15, 0.2) is 11.5 Å². The molecule has 0 saturated carbocycles. The molecule has 0 heterocycles. The lowest BCUT2D eigenvalue weighted by Gasteiger charge is -2.14. The van der Waals surface area contributed by atoms with Gasteiger partial charge in [-0.15, -0.1) is 0 Å². The number of nitriles is 1. The van der Waals surface area contributed by atoms with Crippen LogP contribution in [-0.2, 0) is 11.4 Å². The van der Waals surface area contributed by atoms with Gasteiger partial charge in [0.2, 0.25) is 0 Å². The van der Waals surface area contributed by atoms with Crippen LogP contribution in [0.3, 0.4) is 0 Å². The highest BCUT2D eigenvalue weighted by atomic mass is 79.9. The lowest BCUT2D eigenvalue weighted by atomic mass is 10.1. The highest BCUT2D eigenvalue weighted by Gasteiger charge is 2.15. The third kappa shape index (κ3) is 5.60. The van der Waals surface area contributed by atoms with Gasteiger partial charge in [-0.25, -0.2) is 0 Å². The smallest absolute Gasteiger partial charge is 0.264 e. The summed E-state index contributed by atoms with van der Waals surface area (Å²) in [5.74, 6) is 0.784. The van der Waals surface area contributed by atoms with E-state index >= 15 is 0 Å². The van der Waals surface area contributed by atoms with E-state index in [1.165, 1.54) is 11.0 Å². The van der Waals surface area contributed by atoms with E-state index in [1.807, 2.05) is 43.3 Å². The SMILES string of the molecule is CCOc1cc(/C=C(/C#N)C(=O)N(C)C)c(Br)cc1OCc1ccccc1. The van der Waals surface area contributed by atoms with Gasteiger partial charge in [0, 0.05) is 18.6 Å². The molecule has 0 aromatic heterocycles. The van der Waals surface area contributed by atoms with Crippen LogP contribution in [0, 0.1) is 11.3 Å². The molecule has 0 aliphatic rings. The second-order valence-corrected chi connectivity index (χ2v) is 6.75. The maximum Gasteiger partial charge on any atom is 0.264 e. The first-order valence-electron chi connectivity index (χ1n) is 8.42. The van der Waals surface area contributed by atoms with E-state index in [1.54, 1.807) is 26.2 Å². The molecule has 0 radical (unpaired) electrons. The van der Waals surface area contributed by atoms with Gasteiger partial charge >= 0.3 is 0 Å². The molecule has 2 rings (SSSR count). The van der Waals surface area contributed by atoms with Crippen molar-refractivity contribution in [3.63, 3.8) is 0 Å². The summed E-state index contributed by atoms with van der Waals surface area (Å²) in [6, 6.07) is 15.3. The topological polar surface area (TPSA) is 62.6 Å². The van der Waals surface area contributed by atoms with E-state index < -0.39 is 0 Å². The van der Waals surface area contributed by atoms with E-state index in [0.717, 1.165) is 5.56 Å². The molecular formula is C21H21BrN2O3. The van der Waals surface area contributed by atoms with Crippen LogP contribution in [0.15, 0.2) is 52.5 Å². The quantitative estimate of drug-likeness (QED) is 0.483. The Balaban J connectivity index is 2.35. The van der Waals surface area contributed by atoms with Crippen LogP contribution in [0.1, 0.15) is 18.1 Å². The zero-order valence-corrected chi connectivity index (χ0v) is 17.1. The first kappa shape index (κ1) is 20.5. The molecule has 5 nitrogen and oxygen atoms in total. The van der Waals surface area contributed by atoms with Crippen molar-refractivity contribution in [3.05, 3.63) is 63.6 Å². The van der Waals surface area contributed by atoms with Crippen LogP contribution in [-0.4, -0.2) is 31.5 Å². The maximum atomic E-state index is 12.1. The number of ether oxygens (including phenoxy) is 2. The highest BCUT2D eigenvalue weighted by molar-refractivity contribution is 9.10. The van der Waals surface area contributed by atoms with E-state index in [0.29, 0.717) is 34.7 Å². The van der Waals surface area contributed by atoms with E-state index in [9.17, 15) is 10.1 Å². The van der Waals surface area contributed by atoms with Crippen LogP contribution < -0.4 is 9.47 Å². The zero-order chi connectivity index (χ0) is 19.8. The van der Waals surface area contributed by atoms with Gasteiger partial charge in [0.25, 0.3) is 5.91 Å². The minimum Gasteiger partial charge on any atom is -0.490 e. The average Bonchev–Trinajstić information content (AvgIpc) is 2.67. The molecular weight excluding hydrogens is 408 g/mol. The van der Waals surface area contributed by atoms with E-state index in [4.69, 9.17) is 9.47 Å². The second kappa shape index (κ2) is 9.79. The number of rotatable bonds is 7. The predicted octanol–water partition coefficient (Wildman–Crippen LogP) is 4.42. The lowest BCUT2D eigenvalue weighted by molar-refractivity contribution is -0.124. The van der Waals surface area contributed by atoms with Crippen molar-refractivity contribution >= 4 is 27.9 Å². The summed E-state index contributed by atoms with van der Waals surface area (Å²) in [7, 11) is 3.21. The average molecular weight is 429 g/mol. The third-order valence-electron chi connectivity index (χ3n) is 3.66. The Kier molecular flexibility index (Phi) is 7.44. The first-order valence-corrected chi connectivity index (χ1v) is 9.22. The number of hydrogen-bond acceptors (Lipinski definition) is 4. The van der Waals surface area contributed by atoms with Crippen LogP contribution in [0.2, 0.25) is 0 Å². The highest BCUT2D eigenvalue weighted by Crippen LogP contribution is 2.35. The third-order valence-corrected chi connectivity index (χ3v) is 4.34. The van der Waals surface area contributed by atoms with Crippen molar-refractivity contribution in [2.24, 2.45) is 0 Å². The Morgan fingerprint density at radius 1 is 1.19 bits per heavy atom. The Morgan fingerprint density at radius 3 is 2.44 bits per heavy atom. The predicted molar refractivity (Wildman–Crippen MR) is 108 cm³/mol. The van der Waals surface area contributed by atoms with Crippen molar-refractivity contribution < 1.29 is 14.3 Å². The largest absolute Gasteiger partial charge is 0.490 e. The zero-order valence-electron chi connectivity index (χ0n) is 15.5. The number of nitrogens with zero attached hydrogens (tertiary/aromatic N) is 2. The van der Waals surface area contributed by atoms with Crippen molar-refractivity contribution in [1.29, 1.82) is 5.26 Å². The molecule has 2 aromatic carbocycles. The maximum absolute atomic E-state index is 12.1. The summed E-state index contributed by atoms with van der Waals surface area (Å²) in [6.45, 7) is 2.76. The van der Waals surface area contributed by atoms with Crippen molar-refractivity contribution in [1.82, 2.24) is 4.90 Å². The first-order chi connectivity index (χ1) is 13.0. The van der Waals surface area contributed by atoms with Crippen molar-refractivity contribution in [2.45, 2.75) is 13.5 Å². The number of amides is 1. The summed E-state index contributed by atoms with van der Waals surface area (Å²) in [6.07, 6.45) is 1.54. The van der Waals surface area contributed by atoms with Crippen LogP contribution in [0.4, 0.5) is 0 Å². The minimum absolute atomic E-state index is 0.0427. The molecule has 0 fully saturated rings. The molecule has 6 heteroatoms. The minimum atomic E-state index is -0.355. The lowest BCUT2D eigenvalue weighted by Crippen LogP contribution is -2.22. The van der Waals surface area contributed by atoms with Crippen molar-refractivity contribution in [3.8, 4) is 17.6 Å². The molecule has 0 unspecified atom stereocenters. The van der Waals surface area contributed by atoms with Gasteiger partial charge in [-0.3, -0.25) is 4.79 Å². The van der Waals surface area contributed by atoms with Gasteiger partial charge in [0.1, 0.15) is 18.2 Å². The summed E-state index contributed by atoms with van der Waals surface area (Å²) in [5, 5.41) is 9.30. The van der Waals surface area contributed by atoms with Gasteiger partial charge in [-0.2, -0.15) is 5.26 Å². The number of likely N-dealkylation sites (N-methyl/N-ethyl adjacent to an activating group) is 1. The fraction of sp³-hybridized carbons (Fsp3) is 0.238. The fourth-order valence-electron chi connectivity index (χ4n) is 2.32. The monoisotopic (exact) mass is 428 g/mol. The summed E-state index contributed by atoms with van der Waals surface area (Å²) < 4.78 is 12.3. The molecule has 0 aliphatic carbocycles. The molecule has 27 heavy (non-hydrogen) atoms. The number of halogens is 1. The normalized spacial score (nSPS) is 10.9. The van der Waals surface area contributed by atoms with Gasteiger partial charge < -0.3 is 14.4 Å². The van der Waals surface area contributed by atoms with E-state index in [2.05, 4.69) is 15.9 Å². The molecule has 2 aromatic rings. The molecule has 140 valence electrons. The Bertz CT molecular complexity index is 871.